The quantitative estimate of drug-likeness (QED) is 0.188. The topological polar surface area (TPSA) is 84.6 Å². The van der Waals surface area contributed by atoms with Gasteiger partial charge in [0.05, 0.1) is 0 Å². The van der Waals surface area contributed by atoms with Gasteiger partial charge in [-0.25, -0.2) is 0 Å². The van der Waals surface area contributed by atoms with Crippen molar-refractivity contribution in [3.8, 4) is 0 Å². The summed E-state index contributed by atoms with van der Waals surface area (Å²) in [6.45, 7) is 1.86. The first kappa shape index (κ1) is 8.39. The highest BCUT2D eigenvalue weighted by atomic mass is 16.4. The molecule has 4 heteroatoms. The largest absolute Gasteiger partial charge is 0.409 e. The van der Waals surface area contributed by atoms with E-state index in [1.54, 1.807) is 18.2 Å². The highest BCUT2D eigenvalue weighted by Crippen LogP contribution is 2.11. The summed E-state index contributed by atoms with van der Waals surface area (Å²) in [5, 5.41) is 11.3. The fourth-order valence-corrected chi connectivity index (χ4v) is 0.893. The molecule has 1 rings (SSSR count). The van der Waals surface area contributed by atoms with E-state index in [9.17, 15) is 0 Å². The number of hydrogen-bond donors (Lipinski definition) is 3. The summed E-state index contributed by atoms with van der Waals surface area (Å²) in [4.78, 5) is 0. The van der Waals surface area contributed by atoms with Gasteiger partial charge in [-0.1, -0.05) is 5.16 Å². The fourth-order valence-electron chi connectivity index (χ4n) is 0.893. The third-order valence-corrected chi connectivity index (χ3v) is 1.67. The molecular formula is C8H11N3O. The average molecular weight is 165 g/mol. The van der Waals surface area contributed by atoms with Crippen LogP contribution < -0.4 is 11.5 Å². The molecule has 4 nitrogen and oxygen atoms in total. The number of nitrogens with two attached hydrogens (primary N) is 2. The third kappa shape index (κ3) is 1.47. The maximum absolute atomic E-state index is 8.38. The zero-order valence-electron chi connectivity index (χ0n) is 6.78. The lowest BCUT2D eigenvalue weighted by Gasteiger charge is -2.02. The standard InChI is InChI=1S/C8H11N3O/c1-5-4-6(8(10)11-12)2-3-7(5)9/h2-4,12H,9H2,1H3,(H2,10,11). The van der Waals surface area contributed by atoms with Crippen LogP contribution in [0.15, 0.2) is 23.4 Å². The van der Waals surface area contributed by atoms with E-state index in [4.69, 9.17) is 16.7 Å². The Bertz CT molecular complexity index is 320. The Labute approximate surface area is 70.5 Å². The smallest absolute Gasteiger partial charge is 0.170 e. The summed E-state index contributed by atoms with van der Waals surface area (Å²) < 4.78 is 0. The van der Waals surface area contributed by atoms with Crippen molar-refractivity contribution in [2.24, 2.45) is 10.9 Å². The first-order valence-corrected chi connectivity index (χ1v) is 3.49. The van der Waals surface area contributed by atoms with Crippen LogP contribution in [0, 0.1) is 6.92 Å². The number of hydrogen-bond acceptors (Lipinski definition) is 3. The normalized spacial score (nSPS) is 11.6. The van der Waals surface area contributed by atoms with E-state index in [1.165, 1.54) is 0 Å². The van der Waals surface area contributed by atoms with Crippen LogP contribution in [0.1, 0.15) is 11.1 Å². The Morgan fingerprint density at radius 3 is 2.67 bits per heavy atom. The van der Waals surface area contributed by atoms with E-state index in [0.717, 1.165) is 5.56 Å². The number of nitrogens with zero attached hydrogens (tertiary/aromatic N) is 1. The van der Waals surface area contributed by atoms with Crippen molar-refractivity contribution in [1.29, 1.82) is 0 Å². The molecule has 0 bridgehead atoms. The van der Waals surface area contributed by atoms with Crippen molar-refractivity contribution in [2.75, 3.05) is 5.73 Å². The predicted octanol–water partition coefficient (Wildman–Crippen LogP) is 0.672. The second kappa shape index (κ2) is 3.13. The Balaban J connectivity index is 3.13. The molecule has 0 aliphatic heterocycles. The number of amidine groups is 1. The highest BCUT2D eigenvalue weighted by Gasteiger charge is 2.00. The molecule has 64 valence electrons. The van der Waals surface area contributed by atoms with Crippen molar-refractivity contribution < 1.29 is 5.21 Å². The number of rotatable bonds is 1. The molecule has 0 aromatic heterocycles. The average Bonchev–Trinajstić information content (AvgIpc) is 2.08. The maximum atomic E-state index is 8.38. The van der Waals surface area contributed by atoms with Crippen LogP contribution >= 0.6 is 0 Å². The molecule has 1 aromatic rings. The molecule has 0 spiro atoms. The molecule has 0 aliphatic carbocycles. The van der Waals surface area contributed by atoms with Gasteiger partial charge in [0.15, 0.2) is 5.84 Å². The maximum Gasteiger partial charge on any atom is 0.170 e. The van der Waals surface area contributed by atoms with Crippen molar-refractivity contribution in [3.63, 3.8) is 0 Å². The van der Waals surface area contributed by atoms with Crippen LogP contribution in [-0.2, 0) is 0 Å². The molecule has 12 heavy (non-hydrogen) atoms. The van der Waals surface area contributed by atoms with E-state index >= 15 is 0 Å². The van der Waals surface area contributed by atoms with Crippen molar-refractivity contribution in [3.05, 3.63) is 29.3 Å². The number of aryl methyl sites for hydroxylation is 1. The van der Waals surface area contributed by atoms with Crippen LogP contribution in [0.5, 0.6) is 0 Å². The van der Waals surface area contributed by atoms with Gasteiger partial charge in [-0.3, -0.25) is 0 Å². The van der Waals surface area contributed by atoms with Gasteiger partial charge in [-0.05, 0) is 30.7 Å². The summed E-state index contributed by atoms with van der Waals surface area (Å²) >= 11 is 0. The molecule has 0 saturated heterocycles. The van der Waals surface area contributed by atoms with Gasteiger partial charge in [0, 0.05) is 11.3 Å². The van der Waals surface area contributed by atoms with E-state index in [0.29, 0.717) is 11.3 Å². The highest BCUT2D eigenvalue weighted by molar-refractivity contribution is 5.97. The summed E-state index contributed by atoms with van der Waals surface area (Å²) in [5.41, 5.74) is 13.2. The summed E-state index contributed by atoms with van der Waals surface area (Å²) in [6, 6.07) is 5.20. The van der Waals surface area contributed by atoms with Crippen molar-refractivity contribution in [2.45, 2.75) is 6.92 Å². The number of nitrogen functional groups attached to an aromatic ring is 1. The van der Waals surface area contributed by atoms with Crippen LogP contribution in [-0.4, -0.2) is 11.0 Å². The monoisotopic (exact) mass is 165 g/mol. The summed E-state index contributed by atoms with van der Waals surface area (Å²) in [7, 11) is 0. The molecule has 0 radical (unpaired) electrons. The third-order valence-electron chi connectivity index (χ3n) is 1.67. The Morgan fingerprint density at radius 1 is 1.50 bits per heavy atom. The van der Waals surface area contributed by atoms with Crippen molar-refractivity contribution in [1.82, 2.24) is 0 Å². The zero-order chi connectivity index (χ0) is 9.14. The molecular weight excluding hydrogens is 154 g/mol. The zero-order valence-corrected chi connectivity index (χ0v) is 6.78. The lowest BCUT2D eigenvalue weighted by Crippen LogP contribution is -2.13. The fraction of sp³-hybridized carbons (Fsp3) is 0.125. The SMILES string of the molecule is Cc1cc(/C(N)=N\O)ccc1N. The molecule has 0 fully saturated rings. The van der Waals surface area contributed by atoms with Gasteiger partial charge >= 0.3 is 0 Å². The number of anilines is 1. The molecule has 0 heterocycles. The lowest BCUT2D eigenvalue weighted by molar-refractivity contribution is 0.318. The van der Waals surface area contributed by atoms with Gasteiger partial charge < -0.3 is 16.7 Å². The molecule has 1 aromatic carbocycles. The Hall–Kier alpha value is -1.71. The minimum absolute atomic E-state index is 0.0955. The number of oxime groups is 1. The second-order valence-corrected chi connectivity index (χ2v) is 2.56. The van der Waals surface area contributed by atoms with Crippen LogP contribution in [0.2, 0.25) is 0 Å². The molecule has 5 N–H and O–H groups in total. The van der Waals surface area contributed by atoms with Gasteiger partial charge in [-0.15, -0.1) is 0 Å². The van der Waals surface area contributed by atoms with Gasteiger partial charge in [0.25, 0.3) is 0 Å². The van der Waals surface area contributed by atoms with Gasteiger partial charge in [0.2, 0.25) is 0 Å². The van der Waals surface area contributed by atoms with Crippen LogP contribution in [0.25, 0.3) is 0 Å². The minimum Gasteiger partial charge on any atom is -0.409 e. The lowest BCUT2D eigenvalue weighted by atomic mass is 10.1. The predicted molar refractivity (Wildman–Crippen MR) is 48.1 cm³/mol. The van der Waals surface area contributed by atoms with E-state index in [2.05, 4.69) is 5.16 Å². The first-order chi connectivity index (χ1) is 5.65. The Morgan fingerprint density at radius 2 is 2.17 bits per heavy atom. The van der Waals surface area contributed by atoms with E-state index in [-0.39, 0.29) is 5.84 Å². The van der Waals surface area contributed by atoms with Crippen LogP contribution in [0.4, 0.5) is 5.69 Å². The molecule has 0 unspecified atom stereocenters. The second-order valence-electron chi connectivity index (χ2n) is 2.56. The summed E-state index contributed by atoms with van der Waals surface area (Å²) in [5.74, 6) is 0.0955. The van der Waals surface area contributed by atoms with E-state index in [1.807, 2.05) is 6.92 Å². The molecule has 0 aliphatic rings. The molecule has 0 saturated carbocycles. The van der Waals surface area contributed by atoms with Crippen molar-refractivity contribution >= 4 is 11.5 Å². The van der Waals surface area contributed by atoms with E-state index < -0.39 is 0 Å². The molecule has 0 atom stereocenters. The van der Waals surface area contributed by atoms with Gasteiger partial charge in [-0.2, -0.15) is 0 Å². The first-order valence-electron chi connectivity index (χ1n) is 3.49. The minimum atomic E-state index is 0.0955. The Kier molecular flexibility index (Phi) is 2.19. The van der Waals surface area contributed by atoms with Crippen LogP contribution in [0.3, 0.4) is 0 Å². The van der Waals surface area contributed by atoms with Gasteiger partial charge in [0.1, 0.15) is 0 Å². The summed E-state index contributed by atoms with van der Waals surface area (Å²) in [6.07, 6.45) is 0. The molecule has 0 amide bonds. The number of benzene rings is 1.